The molecular formula is C26H33F3O. The molecule has 0 amide bonds. The van der Waals surface area contributed by atoms with E-state index in [0.717, 1.165) is 62.5 Å². The van der Waals surface area contributed by atoms with E-state index in [4.69, 9.17) is 4.74 Å². The number of aryl methyl sites for hydroxylation is 2. The lowest BCUT2D eigenvalue weighted by atomic mass is 9.82. The number of rotatable bonds is 9. The number of ether oxygens (including phenoxy) is 1. The highest BCUT2D eigenvalue weighted by molar-refractivity contribution is 5.28. The van der Waals surface area contributed by atoms with E-state index >= 15 is 0 Å². The molecule has 1 fully saturated rings. The molecule has 0 aliphatic heterocycles. The minimum absolute atomic E-state index is 0.00548. The van der Waals surface area contributed by atoms with Gasteiger partial charge in [-0.15, -0.1) is 0 Å². The Bertz CT molecular complexity index is 825. The van der Waals surface area contributed by atoms with Gasteiger partial charge in [-0.1, -0.05) is 51.0 Å². The monoisotopic (exact) mass is 418 g/mol. The third-order valence-electron chi connectivity index (χ3n) is 6.23. The summed E-state index contributed by atoms with van der Waals surface area (Å²) in [5, 5.41) is 0. The standard InChI is InChI=1S/C26H33F3O/c1-3-5-7-18-8-15-23(24(27)16-18)19-11-13-22(14-12-19)30-17-21-10-9-20(6-4-2)25(28)26(21)29/h8-10,15-16,19,22H,3-7,11-14,17H2,1-2H3. The minimum Gasteiger partial charge on any atom is -0.373 e. The van der Waals surface area contributed by atoms with Crippen molar-refractivity contribution >= 4 is 0 Å². The van der Waals surface area contributed by atoms with Crippen LogP contribution in [-0.4, -0.2) is 6.10 Å². The van der Waals surface area contributed by atoms with Gasteiger partial charge < -0.3 is 4.74 Å². The van der Waals surface area contributed by atoms with Gasteiger partial charge >= 0.3 is 0 Å². The van der Waals surface area contributed by atoms with Crippen LogP contribution in [-0.2, 0) is 24.2 Å². The highest BCUT2D eigenvalue weighted by Gasteiger charge is 2.25. The first-order valence-electron chi connectivity index (χ1n) is 11.4. The molecule has 3 rings (SSSR count). The molecule has 0 heterocycles. The summed E-state index contributed by atoms with van der Waals surface area (Å²) in [5.74, 6) is -1.44. The molecule has 0 saturated heterocycles. The highest BCUT2D eigenvalue weighted by Crippen LogP contribution is 2.36. The van der Waals surface area contributed by atoms with E-state index in [1.807, 2.05) is 13.0 Å². The molecule has 0 N–H and O–H groups in total. The van der Waals surface area contributed by atoms with Crippen LogP contribution in [0.15, 0.2) is 30.3 Å². The number of halogens is 3. The average molecular weight is 419 g/mol. The summed E-state index contributed by atoms with van der Waals surface area (Å²) in [7, 11) is 0. The SMILES string of the molecule is CCCCc1ccc(C2CCC(OCc3ccc(CCC)c(F)c3F)CC2)c(F)c1. The molecule has 2 aromatic rings. The van der Waals surface area contributed by atoms with Gasteiger partial charge in [-0.2, -0.15) is 0 Å². The van der Waals surface area contributed by atoms with Gasteiger partial charge in [0.25, 0.3) is 0 Å². The van der Waals surface area contributed by atoms with Gasteiger partial charge in [0.2, 0.25) is 0 Å². The second-order valence-corrected chi connectivity index (χ2v) is 8.51. The maximum Gasteiger partial charge on any atom is 0.164 e. The molecule has 164 valence electrons. The maximum atomic E-state index is 14.6. The molecule has 30 heavy (non-hydrogen) atoms. The van der Waals surface area contributed by atoms with Gasteiger partial charge in [-0.25, -0.2) is 13.2 Å². The highest BCUT2D eigenvalue weighted by atomic mass is 19.2. The van der Waals surface area contributed by atoms with E-state index in [0.29, 0.717) is 12.0 Å². The van der Waals surface area contributed by atoms with Crippen LogP contribution in [0.25, 0.3) is 0 Å². The van der Waals surface area contributed by atoms with Gasteiger partial charge in [-0.05, 0) is 73.6 Å². The van der Waals surface area contributed by atoms with Crippen molar-refractivity contribution in [3.63, 3.8) is 0 Å². The molecule has 1 aliphatic carbocycles. The Morgan fingerprint density at radius 3 is 2.20 bits per heavy atom. The van der Waals surface area contributed by atoms with E-state index in [1.54, 1.807) is 18.2 Å². The van der Waals surface area contributed by atoms with E-state index in [9.17, 15) is 13.2 Å². The fraction of sp³-hybridized carbons (Fsp3) is 0.538. The second-order valence-electron chi connectivity index (χ2n) is 8.51. The molecule has 4 heteroatoms. The minimum atomic E-state index is -0.792. The summed E-state index contributed by atoms with van der Waals surface area (Å²) >= 11 is 0. The lowest BCUT2D eigenvalue weighted by molar-refractivity contribution is 0.0116. The number of unbranched alkanes of at least 4 members (excludes halogenated alkanes) is 1. The number of hydrogen-bond acceptors (Lipinski definition) is 1. The van der Waals surface area contributed by atoms with Crippen molar-refractivity contribution in [1.82, 2.24) is 0 Å². The molecule has 0 atom stereocenters. The van der Waals surface area contributed by atoms with Crippen molar-refractivity contribution in [2.24, 2.45) is 0 Å². The zero-order chi connectivity index (χ0) is 21.5. The predicted octanol–water partition coefficient (Wildman–Crippen LogP) is 7.64. The number of hydrogen-bond donors (Lipinski definition) is 0. The molecule has 1 nitrogen and oxygen atoms in total. The molecule has 0 bridgehead atoms. The van der Waals surface area contributed by atoms with Crippen molar-refractivity contribution in [2.45, 2.75) is 90.3 Å². The van der Waals surface area contributed by atoms with E-state index in [2.05, 4.69) is 13.0 Å². The Morgan fingerprint density at radius 2 is 1.53 bits per heavy atom. The average Bonchev–Trinajstić information content (AvgIpc) is 2.76. The summed E-state index contributed by atoms with van der Waals surface area (Å²) in [6.45, 7) is 4.15. The first-order chi connectivity index (χ1) is 14.5. The van der Waals surface area contributed by atoms with Crippen LogP contribution >= 0.6 is 0 Å². The summed E-state index contributed by atoms with van der Waals surface area (Å²) in [5.41, 5.74) is 2.55. The first kappa shape index (κ1) is 22.9. The quantitative estimate of drug-likeness (QED) is 0.406. The first-order valence-corrected chi connectivity index (χ1v) is 11.4. The molecule has 1 saturated carbocycles. The van der Waals surface area contributed by atoms with Crippen LogP contribution in [0.5, 0.6) is 0 Å². The summed E-state index contributed by atoms with van der Waals surface area (Å²) in [4.78, 5) is 0. The van der Waals surface area contributed by atoms with Gasteiger partial charge in [0.1, 0.15) is 5.82 Å². The molecular weight excluding hydrogens is 385 g/mol. The van der Waals surface area contributed by atoms with Crippen molar-refractivity contribution in [3.05, 3.63) is 70.0 Å². The third kappa shape index (κ3) is 5.66. The van der Waals surface area contributed by atoms with Gasteiger partial charge in [0, 0.05) is 5.56 Å². The van der Waals surface area contributed by atoms with Crippen LogP contribution in [0, 0.1) is 17.5 Å². The Kier molecular flexibility index (Phi) is 8.38. The van der Waals surface area contributed by atoms with E-state index in [1.165, 1.54) is 0 Å². The predicted molar refractivity (Wildman–Crippen MR) is 115 cm³/mol. The Hall–Kier alpha value is -1.81. The molecule has 1 aliphatic rings. The third-order valence-corrected chi connectivity index (χ3v) is 6.23. The van der Waals surface area contributed by atoms with Crippen LogP contribution < -0.4 is 0 Å². The summed E-state index contributed by atoms with van der Waals surface area (Å²) < 4.78 is 48.9. The van der Waals surface area contributed by atoms with Crippen molar-refractivity contribution < 1.29 is 17.9 Å². The van der Waals surface area contributed by atoms with Crippen molar-refractivity contribution in [2.75, 3.05) is 0 Å². The maximum absolute atomic E-state index is 14.6. The summed E-state index contributed by atoms with van der Waals surface area (Å²) in [6.07, 6.45) is 7.72. The fourth-order valence-electron chi connectivity index (χ4n) is 4.39. The Balaban J connectivity index is 1.52. The molecule has 0 aromatic heterocycles. The normalized spacial score (nSPS) is 19.2. The van der Waals surface area contributed by atoms with Crippen molar-refractivity contribution in [1.29, 1.82) is 0 Å². The fourth-order valence-corrected chi connectivity index (χ4v) is 4.39. The lowest BCUT2D eigenvalue weighted by Crippen LogP contribution is -2.21. The Morgan fingerprint density at radius 1 is 0.833 bits per heavy atom. The Labute approximate surface area is 178 Å². The van der Waals surface area contributed by atoms with Gasteiger partial charge in [0.05, 0.1) is 12.7 Å². The molecule has 0 unspecified atom stereocenters. The van der Waals surface area contributed by atoms with Crippen LogP contribution in [0.3, 0.4) is 0 Å². The molecule has 0 radical (unpaired) electrons. The smallest absolute Gasteiger partial charge is 0.164 e. The largest absolute Gasteiger partial charge is 0.373 e. The second kappa shape index (κ2) is 11.0. The van der Waals surface area contributed by atoms with Crippen LogP contribution in [0.4, 0.5) is 13.2 Å². The van der Waals surface area contributed by atoms with Crippen molar-refractivity contribution in [3.8, 4) is 0 Å². The van der Waals surface area contributed by atoms with Crippen LogP contribution in [0.1, 0.15) is 87.0 Å². The topological polar surface area (TPSA) is 9.23 Å². The number of benzene rings is 2. The van der Waals surface area contributed by atoms with Crippen LogP contribution in [0.2, 0.25) is 0 Å². The van der Waals surface area contributed by atoms with Gasteiger partial charge in [-0.3, -0.25) is 0 Å². The summed E-state index contributed by atoms with van der Waals surface area (Å²) in [6, 6.07) is 8.97. The van der Waals surface area contributed by atoms with Gasteiger partial charge in [0.15, 0.2) is 11.6 Å². The van der Waals surface area contributed by atoms with E-state index < -0.39 is 11.6 Å². The molecule has 2 aromatic carbocycles. The van der Waals surface area contributed by atoms with E-state index in [-0.39, 0.29) is 30.0 Å². The zero-order valence-corrected chi connectivity index (χ0v) is 18.2. The molecule has 0 spiro atoms. The zero-order valence-electron chi connectivity index (χ0n) is 18.2. The lowest BCUT2D eigenvalue weighted by Gasteiger charge is -2.29.